The van der Waals surface area contributed by atoms with Crippen molar-refractivity contribution in [3.05, 3.63) is 23.9 Å². The van der Waals surface area contributed by atoms with E-state index in [4.69, 9.17) is 19.9 Å². The van der Waals surface area contributed by atoms with Gasteiger partial charge in [0.05, 0.1) is 38.7 Å². The third-order valence-corrected chi connectivity index (χ3v) is 5.73. The van der Waals surface area contributed by atoms with Crippen molar-refractivity contribution in [3.8, 4) is 22.6 Å². The molecular formula is C21H29N5O3. The second-order valence-corrected chi connectivity index (χ2v) is 7.66. The predicted molar refractivity (Wildman–Crippen MR) is 112 cm³/mol. The first-order chi connectivity index (χ1) is 14.1. The van der Waals surface area contributed by atoms with Gasteiger partial charge in [-0.2, -0.15) is 4.98 Å². The minimum absolute atomic E-state index is 0.253. The maximum Gasteiger partial charge on any atom is 0.222 e. The molecule has 0 spiro atoms. The summed E-state index contributed by atoms with van der Waals surface area (Å²) in [6.07, 6.45) is 1.15. The lowest BCUT2D eigenvalue weighted by Gasteiger charge is -2.34. The number of aryl methyl sites for hydroxylation is 1. The molecule has 2 aliphatic rings. The lowest BCUT2D eigenvalue weighted by Crippen LogP contribution is -2.48. The summed E-state index contributed by atoms with van der Waals surface area (Å²) in [6, 6.07) is 6.49. The van der Waals surface area contributed by atoms with Crippen LogP contribution in [0.4, 0.5) is 11.8 Å². The number of anilines is 2. The number of benzene rings is 1. The maximum absolute atomic E-state index is 6.22. The van der Waals surface area contributed by atoms with Gasteiger partial charge in [0.25, 0.3) is 0 Å². The van der Waals surface area contributed by atoms with E-state index in [9.17, 15) is 0 Å². The molecule has 1 atom stereocenters. The van der Waals surface area contributed by atoms with Crippen LogP contribution >= 0.6 is 0 Å². The highest BCUT2D eigenvalue weighted by molar-refractivity contribution is 5.79. The molecule has 1 aromatic carbocycles. The Morgan fingerprint density at radius 2 is 2.10 bits per heavy atom. The molecule has 3 heterocycles. The number of hydrogen-bond donors (Lipinski definition) is 2. The van der Waals surface area contributed by atoms with Crippen LogP contribution < -0.4 is 20.5 Å². The molecule has 0 aliphatic carbocycles. The number of aromatic nitrogens is 2. The van der Waals surface area contributed by atoms with Crippen molar-refractivity contribution >= 4 is 11.8 Å². The first-order valence-electron chi connectivity index (χ1n) is 10.0. The van der Waals surface area contributed by atoms with Crippen LogP contribution in [-0.4, -0.2) is 68.0 Å². The van der Waals surface area contributed by atoms with Crippen molar-refractivity contribution in [1.29, 1.82) is 0 Å². The molecule has 2 saturated heterocycles. The normalized spacial score (nSPS) is 19.8. The van der Waals surface area contributed by atoms with Crippen LogP contribution in [0.15, 0.2) is 18.2 Å². The van der Waals surface area contributed by atoms with E-state index in [2.05, 4.69) is 20.2 Å². The fourth-order valence-electron chi connectivity index (χ4n) is 4.04. The fraction of sp³-hybridized carbons (Fsp3) is 0.524. The van der Waals surface area contributed by atoms with Gasteiger partial charge in [0, 0.05) is 25.1 Å². The van der Waals surface area contributed by atoms with Crippen molar-refractivity contribution in [3.63, 3.8) is 0 Å². The van der Waals surface area contributed by atoms with Gasteiger partial charge in [0.2, 0.25) is 5.95 Å². The molecule has 8 heteroatoms. The van der Waals surface area contributed by atoms with E-state index in [0.717, 1.165) is 61.0 Å². The topological polar surface area (TPSA) is 94.8 Å². The summed E-state index contributed by atoms with van der Waals surface area (Å²) in [5, 5.41) is 3.11. The predicted octanol–water partition coefficient (Wildman–Crippen LogP) is 2.18. The average Bonchev–Trinajstić information content (AvgIpc) is 3.12. The molecule has 0 bridgehead atoms. The second-order valence-electron chi connectivity index (χ2n) is 7.66. The van der Waals surface area contributed by atoms with Crippen molar-refractivity contribution in [2.75, 3.05) is 58.1 Å². The zero-order valence-corrected chi connectivity index (χ0v) is 17.3. The molecule has 0 amide bonds. The second kappa shape index (κ2) is 8.42. The molecule has 156 valence electrons. The van der Waals surface area contributed by atoms with E-state index in [1.165, 1.54) is 0 Å². The molecule has 1 aromatic heterocycles. The van der Waals surface area contributed by atoms with Gasteiger partial charge >= 0.3 is 0 Å². The number of nitrogens with one attached hydrogen (secondary N) is 1. The minimum atomic E-state index is 0.253. The summed E-state index contributed by atoms with van der Waals surface area (Å²) in [5.74, 6) is 2.91. The Labute approximate surface area is 171 Å². The van der Waals surface area contributed by atoms with Crippen molar-refractivity contribution in [2.24, 2.45) is 5.92 Å². The number of likely N-dealkylation sites (tertiary alicyclic amines) is 1. The van der Waals surface area contributed by atoms with Crippen LogP contribution in [0.3, 0.4) is 0 Å². The first-order valence-corrected chi connectivity index (χ1v) is 10.0. The number of hydrogen-bond acceptors (Lipinski definition) is 8. The Morgan fingerprint density at radius 1 is 1.28 bits per heavy atom. The Hall–Kier alpha value is -2.58. The van der Waals surface area contributed by atoms with E-state index in [1.54, 1.807) is 7.11 Å². The average molecular weight is 399 g/mol. The molecule has 0 radical (unpaired) electrons. The van der Waals surface area contributed by atoms with E-state index < -0.39 is 0 Å². The molecule has 8 nitrogen and oxygen atoms in total. The van der Waals surface area contributed by atoms with Gasteiger partial charge < -0.3 is 25.3 Å². The van der Waals surface area contributed by atoms with Crippen LogP contribution in [0, 0.1) is 12.8 Å². The quantitative estimate of drug-likeness (QED) is 0.732. The molecule has 0 saturated carbocycles. The Morgan fingerprint density at radius 3 is 2.79 bits per heavy atom. The van der Waals surface area contributed by atoms with Gasteiger partial charge in [0.15, 0.2) is 11.5 Å². The van der Waals surface area contributed by atoms with Crippen LogP contribution in [0.25, 0.3) is 11.1 Å². The molecule has 3 N–H and O–H groups in total. The first kappa shape index (κ1) is 19.7. The SMILES string of the molecule is CNc1nc(N)nc(C)c1-c1ccc(OC)c(OCC2CCN(C3COC3)C2)c1. The number of methoxy groups -OCH3 is 1. The van der Waals surface area contributed by atoms with Gasteiger partial charge in [-0.3, -0.25) is 4.90 Å². The number of rotatable bonds is 7. The molecular weight excluding hydrogens is 370 g/mol. The van der Waals surface area contributed by atoms with Gasteiger partial charge in [-0.1, -0.05) is 6.07 Å². The van der Waals surface area contributed by atoms with Crippen molar-refractivity contribution in [2.45, 2.75) is 19.4 Å². The minimum Gasteiger partial charge on any atom is -0.493 e. The summed E-state index contributed by atoms with van der Waals surface area (Å²) >= 11 is 0. The van der Waals surface area contributed by atoms with E-state index >= 15 is 0 Å². The summed E-state index contributed by atoms with van der Waals surface area (Å²) in [7, 11) is 3.48. The lowest BCUT2D eigenvalue weighted by molar-refractivity contribution is -0.0584. The highest BCUT2D eigenvalue weighted by atomic mass is 16.5. The summed E-state index contributed by atoms with van der Waals surface area (Å²) in [4.78, 5) is 11.1. The van der Waals surface area contributed by atoms with Crippen LogP contribution in [0.5, 0.6) is 11.5 Å². The molecule has 2 fully saturated rings. The van der Waals surface area contributed by atoms with Crippen LogP contribution in [0.1, 0.15) is 12.1 Å². The van der Waals surface area contributed by atoms with Gasteiger partial charge in [-0.05, 0) is 37.6 Å². The highest BCUT2D eigenvalue weighted by Crippen LogP contribution is 2.37. The molecule has 1 unspecified atom stereocenters. The number of nitrogens with two attached hydrogens (primary N) is 1. The summed E-state index contributed by atoms with van der Waals surface area (Å²) < 4.78 is 17.1. The molecule has 2 aromatic rings. The molecule has 2 aliphatic heterocycles. The Balaban J connectivity index is 1.52. The standard InChI is InChI=1S/C21H29N5O3/c1-13-19(20(23-2)25-21(22)24-13)15-4-5-17(27-3)18(8-15)29-10-14-6-7-26(9-14)16-11-28-12-16/h4-5,8,14,16H,6-7,9-12H2,1-3H3,(H3,22,23,24,25). The number of nitrogen functional groups attached to an aromatic ring is 1. The number of ether oxygens (including phenoxy) is 3. The van der Waals surface area contributed by atoms with E-state index in [0.29, 0.717) is 24.4 Å². The van der Waals surface area contributed by atoms with Gasteiger partial charge in [-0.15, -0.1) is 0 Å². The van der Waals surface area contributed by atoms with Gasteiger partial charge in [0.1, 0.15) is 5.82 Å². The van der Waals surface area contributed by atoms with E-state index in [1.807, 2.05) is 32.2 Å². The third-order valence-electron chi connectivity index (χ3n) is 5.73. The molecule has 4 rings (SSSR count). The fourth-order valence-corrected chi connectivity index (χ4v) is 4.04. The Bertz CT molecular complexity index is 872. The van der Waals surface area contributed by atoms with Crippen molar-refractivity contribution in [1.82, 2.24) is 14.9 Å². The summed E-state index contributed by atoms with van der Waals surface area (Å²) in [6.45, 7) is 6.49. The van der Waals surface area contributed by atoms with E-state index in [-0.39, 0.29) is 5.95 Å². The monoisotopic (exact) mass is 399 g/mol. The maximum atomic E-state index is 6.22. The largest absolute Gasteiger partial charge is 0.493 e. The third kappa shape index (κ3) is 4.09. The lowest BCUT2D eigenvalue weighted by atomic mass is 10.0. The van der Waals surface area contributed by atoms with Crippen LogP contribution in [0.2, 0.25) is 0 Å². The smallest absolute Gasteiger partial charge is 0.222 e. The highest BCUT2D eigenvalue weighted by Gasteiger charge is 2.32. The van der Waals surface area contributed by atoms with Crippen LogP contribution in [-0.2, 0) is 4.74 Å². The van der Waals surface area contributed by atoms with Gasteiger partial charge in [-0.25, -0.2) is 4.98 Å². The van der Waals surface area contributed by atoms with Crippen molar-refractivity contribution < 1.29 is 14.2 Å². The zero-order valence-electron chi connectivity index (χ0n) is 17.3. The number of nitrogens with zero attached hydrogens (tertiary/aromatic N) is 3. The zero-order chi connectivity index (χ0) is 20.4. The molecule has 29 heavy (non-hydrogen) atoms. The Kier molecular flexibility index (Phi) is 5.73. The summed E-state index contributed by atoms with van der Waals surface area (Å²) in [5.41, 5.74) is 8.48.